The zero-order valence-electron chi connectivity index (χ0n) is 11.7. The van der Waals surface area contributed by atoms with Crippen LogP contribution in [-0.4, -0.2) is 5.78 Å². The first-order valence-corrected chi connectivity index (χ1v) is 7.46. The molecule has 0 unspecified atom stereocenters. The highest BCUT2D eigenvalue weighted by Crippen LogP contribution is 2.28. The molecule has 0 radical (unpaired) electrons. The highest BCUT2D eigenvalue weighted by molar-refractivity contribution is 5.82. The number of carbonyl (C=O) groups excluding carboxylic acids is 1. The van der Waals surface area contributed by atoms with E-state index in [9.17, 15) is 4.79 Å². The topological polar surface area (TPSA) is 17.1 Å². The lowest BCUT2D eigenvalue weighted by molar-refractivity contribution is -0.122. The molecule has 0 fully saturated rings. The SMILES string of the molecule is O=C(CCCc1ccccc1)C1Cc2ccccc2C1. The second-order valence-electron chi connectivity index (χ2n) is 5.68. The molecular formula is C19H20O. The van der Waals surface area contributed by atoms with Crippen LogP contribution in [0.15, 0.2) is 54.6 Å². The van der Waals surface area contributed by atoms with Crippen molar-refractivity contribution in [2.24, 2.45) is 5.92 Å². The number of Topliss-reactive ketones (excluding diaryl/α,β-unsaturated/α-hetero) is 1. The third kappa shape index (κ3) is 2.98. The van der Waals surface area contributed by atoms with Crippen molar-refractivity contribution in [2.45, 2.75) is 32.1 Å². The van der Waals surface area contributed by atoms with Crippen molar-refractivity contribution in [1.29, 1.82) is 0 Å². The zero-order valence-corrected chi connectivity index (χ0v) is 11.7. The summed E-state index contributed by atoms with van der Waals surface area (Å²) in [4.78, 5) is 12.3. The van der Waals surface area contributed by atoms with Gasteiger partial charge in [0.25, 0.3) is 0 Å². The van der Waals surface area contributed by atoms with Crippen LogP contribution in [-0.2, 0) is 24.1 Å². The minimum atomic E-state index is 0.225. The van der Waals surface area contributed by atoms with Crippen LogP contribution in [0.2, 0.25) is 0 Å². The molecule has 1 aliphatic carbocycles. The number of rotatable bonds is 5. The molecule has 0 bridgehead atoms. The second-order valence-corrected chi connectivity index (χ2v) is 5.68. The second kappa shape index (κ2) is 6.04. The van der Waals surface area contributed by atoms with E-state index < -0.39 is 0 Å². The van der Waals surface area contributed by atoms with Gasteiger partial charge in [-0.3, -0.25) is 4.79 Å². The van der Waals surface area contributed by atoms with Crippen molar-refractivity contribution in [3.05, 3.63) is 71.3 Å². The van der Waals surface area contributed by atoms with Gasteiger partial charge in [0.05, 0.1) is 0 Å². The van der Waals surface area contributed by atoms with Crippen LogP contribution in [0, 0.1) is 5.92 Å². The van der Waals surface area contributed by atoms with Crippen LogP contribution >= 0.6 is 0 Å². The van der Waals surface area contributed by atoms with Gasteiger partial charge in [-0.1, -0.05) is 54.6 Å². The molecule has 0 amide bonds. The summed E-state index contributed by atoms with van der Waals surface area (Å²) in [5.74, 6) is 0.667. The van der Waals surface area contributed by atoms with E-state index in [1.54, 1.807) is 0 Å². The normalized spacial score (nSPS) is 14.2. The Morgan fingerprint density at radius 1 is 0.900 bits per heavy atom. The maximum atomic E-state index is 12.3. The molecule has 2 aromatic carbocycles. The zero-order chi connectivity index (χ0) is 13.8. The van der Waals surface area contributed by atoms with E-state index in [-0.39, 0.29) is 5.92 Å². The number of hydrogen-bond acceptors (Lipinski definition) is 1. The Labute approximate surface area is 120 Å². The van der Waals surface area contributed by atoms with Crippen LogP contribution in [0.3, 0.4) is 0 Å². The molecule has 0 aromatic heterocycles. The summed E-state index contributed by atoms with van der Waals surface area (Å²) in [5, 5.41) is 0. The fourth-order valence-corrected chi connectivity index (χ4v) is 3.10. The highest BCUT2D eigenvalue weighted by Gasteiger charge is 2.26. The Kier molecular flexibility index (Phi) is 3.96. The molecule has 0 heterocycles. The Hall–Kier alpha value is -1.89. The third-order valence-electron chi connectivity index (χ3n) is 4.24. The summed E-state index contributed by atoms with van der Waals surface area (Å²) in [5.41, 5.74) is 4.07. The van der Waals surface area contributed by atoms with Gasteiger partial charge in [-0.25, -0.2) is 0 Å². The average Bonchev–Trinajstić information content (AvgIpc) is 2.92. The molecule has 0 atom stereocenters. The van der Waals surface area contributed by atoms with Gasteiger partial charge >= 0.3 is 0 Å². The molecule has 1 heteroatoms. The molecule has 0 aliphatic heterocycles. The van der Waals surface area contributed by atoms with E-state index in [4.69, 9.17) is 0 Å². The van der Waals surface area contributed by atoms with E-state index in [1.165, 1.54) is 16.7 Å². The smallest absolute Gasteiger partial charge is 0.136 e. The molecule has 1 aliphatic rings. The lowest BCUT2D eigenvalue weighted by Crippen LogP contribution is -2.14. The van der Waals surface area contributed by atoms with E-state index in [0.29, 0.717) is 12.2 Å². The van der Waals surface area contributed by atoms with Crippen LogP contribution in [0.1, 0.15) is 29.5 Å². The molecule has 20 heavy (non-hydrogen) atoms. The summed E-state index contributed by atoms with van der Waals surface area (Å²) in [6, 6.07) is 18.9. The lowest BCUT2D eigenvalue weighted by Gasteiger charge is -2.07. The monoisotopic (exact) mass is 264 g/mol. The van der Waals surface area contributed by atoms with Gasteiger partial charge in [0, 0.05) is 12.3 Å². The Bertz CT molecular complexity index is 561. The Morgan fingerprint density at radius 2 is 1.50 bits per heavy atom. The minimum absolute atomic E-state index is 0.225. The number of carbonyl (C=O) groups is 1. The van der Waals surface area contributed by atoms with Crippen molar-refractivity contribution in [1.82, 2.24) is 0 Å². The molecule has 2 aromatic rings. The first-order valence-electron chi connectivity index (χ1n) is 7.46. The molecular weight excluding hydrogens is 244 g/mol. The van der Waals surface area contributed by atoms with Crippen molar-refractivity contribution < 1.29 is 4.79 Å². The van der Waals surface area contributed by atoms with Crippen LogP contribution in [0.4, 0.5) is 0 Å². The van der Waals surface area contributed by atoms with Crippen molar-refractivity contribution in [2.75, 3.05) is 0 Å². The minimum Gasteiger partial charge on any atom is -0.299 e. The van der Waals surface area contributed by atoms with Crippen LogP contribution < -0.4 is 0 Å². The van der Waals surface area contributed by atoms with Gasteiger partial charge < -0.3 is 0 Å². The van der Waals surface area contributed by atoms with E-state index in [1.807, 2.05) is 6.07 Å². The molecule has 102 valence electrons. The maximum absolute atomic E-state index is 12.3. The average molecular weight is 264 g/mol. The first kappa shape index (κ1) is 13.1. The van der Waals surface area contributed by atoms with Crippen molar-refractivity contribution >= 4 is 5.78 Å². The molecule has 0 saturated heterocycles. The van der Waals surface area contributed by atoms with Crippen molar-refractivity contribution in [3.8, 4) is 0 Å². The summed E-state index contributed by atoms with van der Waals surface area (Å²) < 4.78 is 0. The fourth-order valence-electron chi connectivity index (χ4n) is 3.10. The van der Waals surface area contributed by atoms with E-state index in [2.05, 4.69) is 48.5 Å². The van der Waals surface area contributed by atoms with Crippen LogP contribution in [0.25, 0.3) is 0 Å². The number of hydrogen-bond donors (Lipinski definition) is 0. The summed E-state index contributed by atoms with van der Waals surface area (Å²) in [6.07, 6.45) is 4.58. The quantitative estimate of drug-likeness (QED) is 0.798. The number of benzene rings is 2. The van der Waals surface area contributed by atoms with E-state index >= 15 is 0 Å². The standard InChI is InChI=1S/C19H20O/c20-19(12-6-9-15-7-2-1-3-8-15)18-13-16-10-4-5-11-17(16)14-18/h1-5,7-8,10-11,18H,6,9,12-14H2. The number of ketones is 1. The highest BCUT2D eigenvalue weighted by atomic mass is 16.1. The Morgan fingerprint density at radius 3 is 2.15 bits per heavy atom. The Balaban J connectivity index is 1.49. The summed E-state index contributed by atoms with van der Waals surface area (Å²) in [7, 11) is 0. The predicted molar refractivity (Wildman–Crippen MR) is 81.7 cm³/mol. The molecule has 0 saturated carbocycles. The summed E-state index contributed by atoms with van der Waals surface area (Å²) in [6.45, 7) is 0. The van der Waals surface area contributed by atoms with Crippen LogP contribution in [0.5, 0.6) is 0 Å². The molecule has 1 nitrogen and oxygen atoms in total. The molecule has 0 N–H and O–H groups in total. The van der Waals surface area contributed by atoms with Gasteiger partial charge in [-0.05, 0) is 42.4 Å². The van der Waals surface area contributed by atoms with Gasteiger partial charge in [0.15, 0.2) is 0 Å². The number of aryl methyl sites for hydroxylation is 1. The molecule has 3 rings (SSSR count). The lowest BCUT2D eigenvalue weighted by atomic mass is 9.96. The van der Waals surface area contributed by atoms with Gasteiger partial charge in [0.2, 0.25) is 0 Å². The number of fused-ring (bicyclic) bond motifs is 1. The molecule has 0 spiro atoms. The first-order chi connectivity index (χ1) is 9.83. The fraction of sp³-hybridized carbons (Fsp3) is 0.316. The van der Waals surface area contributed by atoms with Gasteiger partial charge in [0.1, 0.15) is 5.78 Å². The third-order valence-corrected chi connectivity index (χ3v) is 4.24. The largest absolute Gasteiger partial charge is 0.299 e. The van der Waals surface area contributed by atoms with Crippen molar-refractivity contribution in [3.63, 3.8) is 0 Å². The predicted octanol–water partition coefficient (Wildman–Crippen LogP) is 3.99. The van der Waals surface area contributed by atoms with Gasteiger partial charge in [-0.2, -0.15) is 0 Å². The van der Waals surface area contributed by atoms with Gasteiger partial charge in [-0.15, -0.1) is 0 Å². The van der Waals surface area contributed by atoms with E-state index in [0.717, 1.165) is 25.7 Å². The maximum Gasteiger partial charge on any atom is 0.136 e. The summed E-state index contributed by atoms with van der Waals surface area (Å²) >= 11 is 0.